The lowest BCUT2D eigenvalue weighted by molar-refractivity contribution is -0.192. The van der Waals surface area contributed by atoms with Gasteiger partial charge in [0.05, 0.1) is 24.4 Å². The average Bonchev–Trinajstić information content (AvgIpc) is 3.54. The number of carbonyl (C=O) groups excluding carboxylic acids is 2. The number of aromatic amines is 1. The minimum absolute atomic E-state index is 0.0267. The van der Waals surface area contributed by atoms with E-state index in [1.807, 2.05) is 49.5 Å². The predicted molar refractivity (Wildman–Crippen MR) is 172 cm³/mol. The summed E-state index contributed by atoms with van der Waals surface area (Å²) < 4.78 is 31.7. The number of halogens is 3. The number of ketones is 1. The molecule has 0 aliphatic heterocycles. The molecule has 46 heavy (non-hydrogen) atoms. The number of Topliss-reactive ketones (excluding diaryl/α,β-unsaturated/α-hetero) is 1. The molecule has 1 atom stereocenters. The number of carboxylic acid groups (broad SMARTS) is 1. The van der Waals surface area contributed by atoms with Gasteiger partial charge in [-0.05, 0) is 46.0 Å². The van der Waals surface area contributed by atoms with Crippen LogP contribution in [0, 0.1) is 0 Å². The van der Waals surface area contributed by atoms with Gasteiger partial charge in [0.2, 0.25) is 5.91 Å². The number of benzene rings is 4. The van der Waals surface area contributed by atoms with Crippen LogP contribution in [0.5, 0.6) is 0 Å². The molecule has 0 saturated heterocycles. The zero-order valence-corrected chi connectivity index (χ0v) is 25.4. The number of aliphatic carboxylic acids is 1. The molecular weight excluding hydrogens is 595 g/mol. The Labute approximate surface area is 264 Å². The van der Waals surface area contributed by atoms with Gasteiger partial charge in [-0.25, -0.2) is 9.78 Å². The van der Waals surface area contributed by atoms with Crippen LogP contribution in [-0.4, -0.2) is 38.9 Å². The van der Waals surface area contributed by atoms with E-state index in [9.17, 15) is 22.8 Å². The van der Waals surface area contributed by atoms with Gasteiger partial charge in [0.25, 0.3) is 0 Å². The minimum Gasteiger partial charge on any atom is -0.475 e. The summed E-state index contributed by atoms with van der Waals surface area (Å²) in [4.78, 5) is 42.0. The molecule has 0 aliphatic carbocycles. The van der Waals surface area contributed by atoms with Crippen LogP contribution in [0.1, 0.15) is 62.9 Å². The average molecular weight is 632 g/mol. The molecule has 0 radical (unpaired) electrons. The Hall–Kier alpha value is -4.99. The van der Waals surface area contributed by atoms with Gasteiger partial charge in [-0.3, -0.25) is 9.59 Å². The number of rotatable bonds is 12. The van der Waals surface area contributed by atoms with Crippen molar-refractivity contribution >= 4 is 39.2 Å². The zero-order valence-electron chi connectivity index (χ0n) is 25.4. The molecule has 1 aromatic heterocycles. The van der Waals surface area contributed by atoms with Crippen LogP contribution in [0.25, 0.3) is 32.8 Å². The van der Waals surface area contributed by atoms with Crippen LogP contribution in [-0.2, 0) is 20.8 Å². The number of unbranched alkanes of at least 4 members (excludes halogenated alkanes) is 2. The highest BCUT2D eigenvalue weighted by atomic mass is 19.4. The monoisotopic (exact) mass is 631 g/mol. The second-order valence-corrected chi connectivity index (χ2v) is 11.0. The van der Waals surface area contributed by atoms with Crippen molar-refractivity contribution in [2.24, 2.45) is 0 Å². The lowest BCUT2D eigenvalue weighted by atomic mass is 10.0. The number of nitrogens with one attached hydrogen (secondary N) is 2. The van der Waals surface area contributed by atoms with Gasteiger partial charge in [0.1, 0.15) is 11.6 Å². The summed E-state index contributed by atoms with van der Waals surface area (Å²) in [6.07, 6.45) is 1.78. The van der Waals surface area contributed by atoms with E-state index in [0.29, 0.717) is 25.0 Å². The predicted octanol–water partition coefficient (Wildman–Crippen LogP) is 8.35. The van der Waals surface area contributed by atoms with Crippen molar-refractivity contribution in [3.63, 3.8) is 0 Å². The number of fused-ring (bicyclic) bond motifs is 2. The molecule has 1 heterocycles. The molecule has 10 heteroatoms. The SMILES string of the molecule is CCC(=O)CCCCC[C@H](NC(=O)Cc1cccc2ccccc12)c1ncc(-c2ccc3ccccc3c2)[nH]1.O=C(O)C(F)(F)F. The van der Waals surface area contributed by atoms with Gasteiger partial charge < -0.3 is 15.4 Å². The van der Waals surface area contributed by atoms with Crippen LogP contribution in [0.3, 0.4) is 0 Å². The van der Waals surface area contributed by atoms with E-state index < -0.39 is 12.1 Å². The number of amides is 1. The highest BCUT2D eigenvalue weighted by Crippen LogP contribution is 2.26. The molecule has 3 N–H and O–H groups in total. The molecule has 0 unspecified atom stereocenters. The summed E-state index contributed by atoms with van der Waals surface area (Å²) >= 11 is 0. The van der Waals surface area contributed by atoms with Gasteiger partial charge in [-0.1, -0.05) is 98.6 Å². The summed E-state index contributed by atoms with van der Waals surface area (Å²) in [5.74, 6) is -1.72. The van der Waals surface area contributed by atoms with E-state index in [2.05, 4.69) is 58.8 Å². The maximum Gasteiger partial charge on any atom is 0.490 e. The highest BCUT2D eigenvalue weighted by molar-refractivity contribution is 5.90. The van der Waals surface area contributed by atoms with Crippen LogP contribution >= 0.6 is 0 Å². The largest absolute Gasteiger partial charge is 0.490 e. The van der Waals surface area contributed by atoms with Crippen LogP contribution in [0.2, 0.25) is 0 Å². The standard InChI is InChI=1S/C34H35N3O2.C2HF3O2/c1-2-29(38)16-4-3-5-18-31(36-33(39)22-27-15-10-14-25-12-8-9-17-30(25)27)34-35-23-32(37-34)28-20-19-24-11-6-7-13-26(24)21-28;3-2(4,5)1(6)7/h6-15,17,19-21,23,31H,2-5,16,18,22H2,1H3,(H,35,37)(H,36,39);(H,6,7)/t31-;/m0./s1. The van der Waals surface area contributed by atoms with Crippen LogP contribution in [0.4, 0.5) is 13.2 Å². The van der Waals surface area contributed by atoms with Crippen molar-refractivity contribution in [1.29, 1.82) is 0 Å². The second-order valence-electron chi connectivity index (χ2n) is 11.0. The fourth-order valence-electron chi connectivity index (χ4n) is 5.18. The van der Waals surface area contributed by atoms with Gasteiger partial charge >= 0.3 is 12.1 Å². The number of hydrogen-bond donors (Lipinski definition) is 3. The van der Waals surface area contributed by atoms with E-state index in [1.54, 1.807) is 0 Å². The normalized spacial score (nSPS) is 11.9. The maximum absolute atomic E-state index is 13.3. The number of imidazole rings is 1. The van der Waals surface area contributed by atoms with Gasteiger partial charge in [0.15, 0.2) is 0 Å². The number of alkyl halides is 3. The second kappa shape index (κ2) is 15.8. The molecule has 4 aromatic carbocycles. The van der Waals surface area contributed by atoms with Gasteiger partial charge in [-0.15, -0.1) is 0 Å². The Morgan fingerprint density at radius 1 is 0.870 bits per heavy atom. The number of carbonyl (C=O) groups is 3. The third-order valence-electron chi connectivity index (χ3n) is 7.64. The maximum atomic E-state index is 13.3. The number of hydrogen-bond acceptors (Lipinski definition) is 4. The van der Waals surface area contributed by atoms with Crippen molar-refractivity contribution in [2.75, 3.05) is 0 Å². The zero-order chi connectivity index (χ0) is 33.1. The topological polar surface area (TPSA) is 112 Å². The molecular formula is C36H36F3N3O4. The fourth-order valence-corrected chi connectivity index (χ4v) is 5.18. The van der Waals surface area contributed by atoms with Crippen molar-refractivity contribution in [1.82, 2.24) is 15.3 Å². The van der Waals surface area contributed by atoms with Crippen LogP contribution < -0.4 is 5.32 Å². The molecule has 0 aliphatic rings. The Balaban J connectivity index is 0.000000617. The fraction of sp³-hybridized carbons (Fsp3) is 0.278. The van der Waals surface area contributed by atoms with E-state index in [0.717, 1.165) is 59.1 Å². The van der Waals surface area contributed by atoms with E-state index >= 15 is 0 Å². The van der Waals surface area contributed by atoms with Crippen molar-refractivity contribution in [2.45, 2.75) is 64.1 Å². The summed E-state index contributed by atoms with van der Waals surface area (Å²) in [7, 11) is 0. The lowest BCUT2D eigenvalue weighted by Crippen LogP contribution is -2.30. The molecule has 0 spiro atoms. The molecule has 5 rings (SSSR count). The van der Waals surface area contributed by atoms with E-state index in [1.165, 1.54) is 10.8 Å². The first-order valence-corrected chi connectivity index (χ1v) is 15.2. The molecule has 0 saturated carbocycles. The third-order valence-corrected chi connectivity index (χ3v) is 7.64. The molecule has 240 valence electrons. The molecule has 5 aromatic rings. The Morgan fingerprint density at radius 3 is 2.26 bits per heavy atom. The first kappa shape index (κ1) is 33.9. The van der Waals surface area contributed by atoms with E-state index in [4.69, 9.17) is 14.9 Å². The first-order valence-electron chi connectivity index (χ1n) is 15.2. The molecule has 1 amide bonds. The lowest BCUT2D eigenvalue weighted by Gasteiger charge is -2.17. The first-order chi connectivity index (χ1) is 22.0. The number of nitrogens with zero attached hydrogens (tertiary/aromatic N) is 1. The third kappa shape index (κ3) is 9.50. The minimum atomic E-state index is -5.08. The molecule has 7 nitrogen and oxygen atoms in total. The summed E-state index contributed by atoms with van der Waals surface area (Å²) in [5, 5.41) is 15.0. The summed E-state index contributed by atoms with van der Waals surface area (Å²) in [6.45, 7) is 1.91. The Morgan fingerprint density at radius 2 is 1.54 bits per heavy atom. The summed E-state index contributed by atoms with van der Waals surface area (Å²) in [5.41, 5.74) is 3.00. The molecule has 0 bridgehead atoms. The Bertz CT molecular complexity index is 1790. The van der Waals surface area contributed by atoms with Crippen molar-refractivity contribution in [3.8, 4) is 11.3 Å². The molecule has 0 fully saturated rings. The van der Waals surface area contributed by atoms with Crippen molar-refractivity contribution in [3.05, 3.63) is 103 Å². The summed E-state index contributed by atoms with van der Waals surface area (Å²) in [6, 6.07) is 28.7. The van der Waals surface area contributed by atoms with Gasteiger partial charge in [0, 0.05) is 18.4 Å². The number of aromatic nitrogens is 2. The Kier molecular flexibility index (Phi) is 11.7. The highest BCUT2D eigenvalue weighted by Gasteiger charge is 2.38. The van der Waals surface area contributed by atoms with Gasteiger partial charge in [-0.2, -0.15) is 13.2 Å². The number of H-pyrrole nitrogens is 1. The van der Waals surface area contributed by atoms with E-state index in [-0.39, 0.29) is 11.9 Å². The smallest absolute Gasteiger partial charge is 0.475 e. The quantitative estimate of drug-likeness (QED) is 0.120. The number of carboxylic acids is 1. The van der Waals surface area contributed by atoms with Crippen molar-refractivity contribution < 1.29 is 32.7 Å². The van der Waals surface area contributed by atoms with Crippen LogP contribution in [0.15, 0.2) is 91.1 Å².